The van der Waals surface area contributed by atoms with Crippen molar-refractivity contribution in [2.45, 2.75) is 26.0 Å². The molecule has 0 spiro atoms. The lowest BCUT2D eigenvalue weighted by Gasteiger charge is -2.16. The second-order valence-corrected chi connectivity index (χ2v) is 7.19. The maximum atomic E-state index is 12.1. The van der Waals surface area contributed by atoms with Crippen molar-refractivity contribution >= 4 is 11.9 Å². The Kier molecular flexibility index (Phi) is 6.72. The fourth-order valence-corrected chi connectivity index (χ4v) is 2.91. The van der Waals surface area contributed by atoms with Crippen molar-refractivity contribution < 1.29 is 23.8 Å². The van der Waals surface area contributed by atoms with Gasteiger partial charge in [-0.1, -0.05) is 42.5 Å². The number of ether oxygens (including phenoxy) is 3. The van der Waals surface area contributed by atoms with Gasteiger partial charge in [-0.25, -0.2) is 4.79 Å². The molecule has 1 N–H and O–H groups in total. The van der Waals surface area contributed by atoms with Gasteiger partial charge in [0, 0.05) is 0 Å². The van der Waals surface area contributed by atoms with E-state index in [1.54, 1.807) is 13.8 Å². The van der Waals surface area contributed by atoms with Crippen LogP contribution in [0.3, 0.4) is 0 Å². The molecule has 0 unspecified atom stereocenters. The van der Waals surface area contributed by atoms with Crippen LogP contribution in [-0.4, -0.2) is 48.7 Å². The maximum absolute atomic E-state index is 12.1. The van der Waals surface area contributed by atoms with Crippen molar-refractivity contribution in [1.29, 1.82) is 0 Å². The molecule has 1 saturated heterocycles. The highest BCUT2D eigenvalue weighted by Crippen LogP contribution is 2.27. The third-order valence-electron chi connectivity index (χ3n) is 4.48. The van der Waals surface area contributed by atoms with Crippen molar-refractivity contribution in [3.05, 3.63) is 60.2 Å². The summed E-state index contributed by atoms with van der Waals surface area (Å²) < 4.78 is 17.1. The standard InChI is InChI=1S/C22H26N2O5/c1-22(2)20(25)24(21(26)23-22)12-13-27-14-15-28-18-10-6-7-11-19(18)29-16-17-8-4-3-5-9-17/h3-11H,12-16H2,1-2H3,(H,23,26). The average molecular weight is 398 g/mol. The van der Waals surface area contributed by atoms with Crippen molar-refractivity contribution in [2.24, 2.45) is 0 Å². The largest absolute Gasteiger partial charge is 0.487 e. The van der Waals surface area contributed by atoms with Crippen LogP contribution in [0.2, 0.25) is 0 Å². The first-order valence-corrected chi connectivity index (χ1v) is 9.58. The molecule has 0 aromatic heterocycles. The van der Waals surface area contributed by atoms with Crippen molar-refractivity contribution in [3.63, 3.8) is 0 Å². The molecule has 2 aromatic rings. The fraction of sp³-hybridized carbons (Fsp3) is 0.364. The number of hydrogen-bond donors (Lipinski definition) is 1. The van der Waals surface area contributed by atoms with Gasteiger partial charge < -0.3 is 19.5 Å². The van der Waals surface area contributed by atoms with Crippen molar-refractivity contribution in [3.8, 4) is 11.5 Å². The number of imide groups is 1. The van der Waals surface area contributed by atoms with Crippen LogP contribution >= 0.6 is 0 Å². The van der Waals surface area contributed by atoms with E-state index in [4.69, 9.17) is 14.2 Å². The van der Waals surface area contributed by atoms with Crippen molar-refractivity contribution in [1.82, 2.24) is 10.2 Å². The average Bonchev–Trinajstić information content (AvgIpc) is 2.91. The number of amides is 3. The Morgan fingerprint density at radius 3 is 2.17 bits per heavy atom. The molecular formula is C22H26N2O5. The van der Waals surface area contributed by atoms with Gasteiger partial charge in [0.15, 0.2) is 11.5 Å². The van der Waals surface area contributed by atoms with E-state index in [1.165, 1.54) is 4.90 Å². The molecule has 0 radical (unpaired) electrons. The summed E-state index contributed by atoms with van der Waals surface area (Å²) >= 11 is 0. The second kappa shape index (κ2) is 9.43. The lowest BCUT2D eigenvalue weighted by atomic mass is 10.1. The summed E-state index contributed by atoms with van der Waals surface area (Å²) in [6.45, 7) is 4.95. The Hall–Kier alpha value is -3.06. The van der Waals surface area contributed by atoms with Crippen LogP contribution in [0.5, 0.6) is 11.5 Å². The highest BCUT2D eigenvalue weighted by molar-refractivity contribution is 6.06. The molecule has 1 heterocycles. The van der Waals surface area contributed by atoms with Gasteiger partial charge >= 0.3 is 6.03 Å². The van der Waals surface area contributed by atoms with Gasteiger partial charge in [0.2, 0.25) is 0 Å². The minimum absolute atomic E-state index is 0.213. The number of urea groups is 1. The summed E-state index contributed by atoms with van der Waals surface area (Å²) in [5.41, 5.74) is 0.221. The van der Waals surface area contributed by atoms with Crippen LogP contribution in [0, 0.1) is 0 Å². The summed E-state index contributed by atoms with van der Waals surface area (Å²) in [5, 5.41) is 2.64. The molecule has 0 saturated carbocycles. The number of rotatable bonds is 10. The van der Waals surface area contributed by atoms with Crippen LogP contribution in [0.1, 0.15) is 19.4 Å². The molecule has 3 rings (SSSR count). The van der Waals surface area contributed by atoms with E-state index in [0.717, 1.165) is 5.56 Å². The maximum Gasteiger partial charge on any atom is 0.325 e. The predicted molar refractivity (Wildman–Crippen MR) is 108 cm³/mol. The molecule has 7 heteroatoms. The van der Waals surface area contributed by atoms with Gasteiger partial charge in [-0.05, 0) is 31.5 Å². The molecule has 7 nitrogen and oxygen atoms in total. The normalized spacial score (nSPS) is 15.3. The zero-order valence-electron chi connectivity index (χ0n) is 16.7. The smallest absolute Gasteiger partial charge is 0.325 e. The molecule has 0 bridgehead atoms. The van der Waals surface area contributed by atoms with Gasteiger partial charge in [-0.3, -0.25) is 9.69 Å². The Morgan fingerprint density at radius 2 is 1.52 bits per heavy atom. The zero-order valence-corrected chi connectivity index (χ0v) is 16.7. The Labute approximate surface area is 170 Å². The number of benzene rings is 2. The first-order chi connectivity index (χ1) is 14.0. The number of carbonyl (C=O) groups is 2. The van der Waals surface area contributed by atoms with E-state index in [9.17, 15) is 9.59 Å². The van der Waals surface area contributed by atoms with Crippen LogP contribution in [-0.2, 0) is 16.1 Å². The summed E-state index contributed by atoms with van der Waals surface area (Å²) in [5.74, 6) is 1.06. The van der Waals surface area contributed by atoms with Crippen molar-refractivity contribution in [2.75, 3.05) is 26.4 Å². The zero-order chi connectivity index (χ0) is 20.7. The van der Waals surface area contributed by atoms with E-state index >= 15 is 0 Å². The summed E-state index contributed by atoms with van der Waals surface area (Å²) in [6, 6.07) is 17.0. The molecular weight excluding hydrogens is 372 g/mol. The third-order valence-corrected chi connectivity index (χ3v) is 4.48. The van der Waals surface area contributed by atoms with Crippen LogP contribution < -0.4 is 14.8 Å². The monoisotopic (exact) mass is 398 g/mol. The lowest BCUT2D eigenvalue weighted by Crippen LogP contribution is -2.40. The molecule has 0 atom stereocenters. The highest BCUT2D eigenvalue weighted by Gasteiger charge is 2.43. The van der Waals surface area contributed by atoms with Gasteiger partial charge in [0.25, 0.3) is 5.91 Å². The Morgan fingerprint density at radius 1 is 0.862 bits per heavy atom. The molecule has 1 fully saturated rings. The molecule has 29 heavy (non-hydrogen) atoms. The van der Waals surface area contributed by atoms with Crippen LogP contribution in [0.15, 0.2) is 54.6 Å². The summed E-state index contributed by atoms with van der Waals surface area (Å²) in [6.07, 6.45) is 0. The third kappa shape index (κ3) is 5.48. The number of hydrogen-bond acceptors (Lipinski definition) is 5. The van der Waals surface area contributed by atoms with E-state index < -0.39 is 5.54 Å². The summed E-state index contributed by atoms with van der Waals surface area (Å²) in [4.78, 5) is 25.1. The van der Waals surface area contributed by atoms with Crippen LogP contribution in [0.25, 0.3) is 0 Å². The number of carbonyl (C=O) groups excluding carboxylic acids is 2. The Balaban J connectivity index is 1.39. The van der Waals surface area contributed by atoms with Gasteiger partial charge in [-0.2, -0.15) is 0 Å². The first kappa shape index (κ1) is 20.7. The minimum Gasteiger partial charge on any atom is -0.487 e. The lowest BCUT2D eigenvalue weighted by molar-refractivity contribution is -0.130. The molecule has 1 aliphatic rings. The van der Waals surface area contributed by atoms with Gasteiger partial charge in [0.1, 0.15) is 18.8 Å². The topological polar surface area (TPSA) is 77.1 Å². The first-order valence-electron chi connectivity index (χ1n) is 9.58. The highest BCUT2D eigenvalue weighted by atomic mass is 16.5. The minimum atomic E-state index is -0.857. The second-order valence-electron chi connectivity index (χ2n) is 7.19. The predicted octanol–water partition coefficient (Wildman–Crippen LogP) is 2.99. The molecule has 1 aliphatic heterocycles. The molecule has 0 aliphatic carbocycles. The quantitative estimate of drug-likeness (QED) is 0.492. The van der Waals surface area contributed by atoms with Gasteiger partial charge in [-0.15, -0.1) is 0 Å². The molecule has 3 amide bonds. The number of para-hydroxylation sites is 2. The van der Waals surface area contributed by atoms with Crippen LogP contribution in [0.4, 0.5) is 4.79 Å². The van der Waals surface area contributed by atoms with E-state index in [2.05, 4.69) is 5.32 Å². The molecule has 154 valence electrons. The number of nitrogens with one attached hydrogen (secondary N) is 1. The molecule has 2 aromatic carbocycles. The summed E-state index contributed by atoms with van der Waals surface area (Å²) in [7, 11) is 0. The van der Waals surface area contributed by atoms with E-state index in [0.29, 0.717) is 31.3 Å². The van der Waals surface area contributed by atoms with E-state index in [1.807, 2.05) is 54.6 Å². The SMILES string of the molecule is CC1(C)NC(=O)N(CCOCCOc2ccccc2OCc2ccccc2)C1=O. The van der Waals surface area contributed by atoms with Gasteiger partial charge in [0.05, 0.1) is 19.8 Å². The fourth-order valence-electron chi connectivity index (χ4n) is 2.91. The Bertz CT molecular complexity index is 838. The van der Waals surface area contributed by atoms with E-state index in [-0.39, 0.29) is 25.1 Å². The number of nitrogens with zero attached hydrogens (tertiary/aromatic N) is 1.